The van der Waals surface area contributed by atoms with Gasteiger partial charge in [0.05, 0.1) is 19.8 Å². The van der Waals surface area contributed by atoms with Crippen molar-refractivity contribution in [2.45, 2.75) is 39.2 Å². The molecule has 0 bridgehead atoms. The summed E-state index contributed by atoms with van der Waals surface area (Å²) in [5, 5.41) is 8.82. The van der Waals surface area contributed by atoms with Gasteiger partial charge < -0.3 is 14.6 Å². The highest BCUT2D eigenvalue weighted by Crippen LogP contribution is 2.23. The van der Waals surface area contributed by atoms with Crippen molar-refractivity contribution >= 4 is 5.97 Å². The number of unbranched alkanes of at least 4 members (excludes halogenated alkanes) is 2. The maximum absolute atomic E-state index is 13.5. The van der Waals surface area contributed by atoms with E-state index in [1.54, 1.807) is 6.92 Å². The molecule has 0 heterocycles. The first-order valence-electron chi connectivity index (χ1n) is 6.95. The quantitative estimate of drug-likeness (QED) is 0.563. The molecule has 21 heavy (non-hydrogen) atoms. The third-order valence-corrected chi connectivity index (χ3v) is 2.82. The molecule has 0 amide bonds. The van der Waals surface area contributed by atoms with E-state index in [9.17, 15) is 13.6 Å². The molecule has 0 aliphatic carbocycles. The highest BCUT2D eigenvalue weighted by Gasteiger charge is 2.12. The van der Waals surface area contributed by atoms with Crippen LogP contribution in [0.3, 0.4) is 0 Å². The van der Waals surface area contributed by atoms with Crippen molar-refractivity contribution in [2.75, 3.05) is 13.2 Å². The maximum Gasteiger partial charge on any atom is 0.305 e. The fourth-order valence-electron chi connectivity index (χ4n) is 1.80. The van der Waals surface area contributed by atoms with Crippen molar-refractivity contribution in [3.8, 4) is 5.75 Å². The lowest BCUT2D eigenvalue weighted by Crippen LogP contribution is -2.05. The number of carbonyl (C=O) groups is 1. The van der Waals surface area contributed by atoms with E-state index in [0.717, 1.165) is 12.1 Å². The van der Waals surface area contributed by atoms with Gasteiger partial charge in [0.1, 0.15) is 0 Å². The van der Waals surface area contributed by atoms with Crippen LogP contribution in [-0.4, -0.2) is 24.3 Å². The van der Waals surface area contributed by atoms with Crippen LogP contribution in [-0.2, 0) is 16.1 Å². The molecule has 0 saturated heterocycles. The van der Waals surface area contributed by atoms with Gasteiger partial charge in [0.25, 0.3) is 0 Å². The Morgan fingerprint density at radius 1 is 1.19 bits per heavy atom. The topological polar surface area (TPSA) is 55.8 Å². The van der Waals surface area contributed by atoms with E-state index in [1.165, 1.54) is 0 Å². The second kappa shape index (κ2) is 9.28. The van der Waals surface area contributed by atoms with Crippen molar-refractivity contribution in [1.82, 2.24) is 0 Å². The molecule has 1 rings (SSSR count). The SMILES string of the molecule is CCOC(=O)CCCCCOc1c(F)cc(CO)cc1F. The third-order valence-electron chi connectivity index (χ3n) is 2.82. The average molecular weight is 302 g/mol. The van der Waals surface area contributed by atoms with Crippen molar-refractivity contribution in [3.05, 3.63) is 29.3 Å². The number of hydrogen-bond donors (Lipinski definition) is 1. The monoisotopic (exact) mass is 302 g/mol. The Morgan fingerprint density at radius 2 is 1.86 bits per heavy atom. The zero-order valence-corrected chi connectivity index (χ0v) is 12.0. The Labute approximate surface area is 122 Å². The van der Waals surface area contributed by atoms with Gasteiger partial charge in [0.2, 0.25) is 0 Å². The summed E-state index contributed by atoms with van der Waals surface area (Å²) < 4.78 is 36.9. The number of halogens is 2. The Kier molecular flexibility index (Phi) is 7.68. The highest BCUT2D eigenvalue weighted by atomic mass is 19.1. The first-order chi connectivity index (χ1) is 10.1. The number of aliphatic hydroxyl groups is 1. The molecule has 4 nitrogen and oxygen atoms in total. The minimum Gasteiger partial charge on any atom is -0.488 e. The summed E-state index contributed by atoms with van der Waals surface area (Å²) in [7, 11) is 0. The van der Waals surface area contributed by atoms with E-state index in [-0.39, 0.29) is 18.1 Å². The van der Waals surface area contributed by atoms with E-state index < -0.39 is 24.0 Å². The van der Waals surface area contributed by atoms with Crippen LogP contribution < -0.4 is 4.74 Å². The zero-order chi connectivity index (χ0) is 15.7. The molecule has 1 aromatic rings. The van der Waals surface area contributed by atoms with Gasteiger partial charge in [-0.05, 0) is 43.9 Å². The average Bonchev–Trinajstić information content (AvgIpc) is 2.44. The van der Waals surface area contributed by atoms with Gasteiger partial charge in [0.15, 0.2) is 17.4 Å². The lowest BCUT2D eigenvalue weighted by molar-refractivity contribution is -0.143. The van der Waals surface area contributed by atoms with E-state index in [0.29, 0.717) is 32.3 Å². The fraction of sp³-hybridized carbons (Fsp3) is 0.533. The van der Waals surface area contributed by atoms with Crippen molar-refractivity contribution < 1.29 is 28.2 Å². The minimum atomic E-state index is -0.828. The molecule has 118 valence electrons. The van der Waals surface area contributed by atoms with Gasteiger partial charge in [-0.15, -0.1) is 0 Å². The largest absolute Gasteiger partial charge is 0.488 e. The smallest absolute Gasteiger partial charge is 0.305 e. The van der Waals surface area contributed by atoms with Gasteiger partial charge in [0, 0.05) is 6.42 Å². The predicted octanol–water partition coefficient (Wildman–Crippen LogP) is 2.96. The van der Waals surface area contributed by atoms with Crippen molar-refractivity contribution in [2.24, 2.45) is 0 Å². The zero-order valence-electron chi connectivity index (χ0n) is 12.0. The van der Waals surface area contributed by atoms with Crippen LogP contribution in [0.5, 0.6) is 5.75 Å². The van der Waals surface area contributed by atoms with Crippen molar-refractivity contribution in [3.63, 3.8) is 0 Å². The number of carbonyl (C=O) groups excluding carboxylic acids is 1. The molecule has 0 aromatic heterocycles. The summed E-state index contributed by atoms with van der Waals surface area (Å²) in [6.45, 7) is 1.85. The molecule has 0 radical (unpaired) electrons. The number of rotatable bonds is 9. The summed E-state index contributed by atoms with van der Waals surface area (Å²) in [5.41, 5.74) is 0.159. The van der Waals surface area contributed by atoms with Crippen LogP contribution in [0, 0.1) is 11.6 Å². The molecule has 0 saturated carbocycles. The van der Waals surface area contributed by atoms with Crippen LogP contribution in [0.1, 0.15) is 38.2 Å². The number of aliphatic hydroxyl groups excluding tert-OH is 1. The number of benzene rings is 1. The molecular formula is C15H20F2O4. The molecular weight excluding hydrogens is 282 g/mol. The Hall–Kier alpha value is -1.69. The summed E-state index contributed by atoms with van der Waals surface area (Å²) in [5.74, 6) is -2.33. The molecule has 1 aromatic carbocycles. The number of hydrogen-bond acceptors (Lipinski definition) is 4. The number of ether oxygens (including phenoxy) is 2. The first kappa shape index (κ1) is 17.4. The summed E-state index contributed by atoms with van der Waals surface area (Å²) in [6, 6.07) is 2.08. The standard InChI is InChI=1S/C15H20F2O4/c1-2-20-14(19)6-4-3-5-7-21-15-12(16)8-11(10-18)9-13(15)17/h8-9,18H,2-7,10H2,1H3. The van der Waals surface area contributed by atoms with Gasteiger partial charge in [-0.25, -0.2) is 8.78 Å². The lowest BCUT2D eigenvalue weighted by atomic mass is 10.2. The second-order valence-corrected chi connectivity index (χ2v) is 4.51. The summed E-state index contributed by atoms with van der Waals surface area (Å²) in [6.07, 6.45) is 2.27. The molecule has 0 fully saturated rings. The summed E-state index contributed by atoms with van der Waals surface area (Å²) in [4.78, 5) is 11.1. The van der Waals surface area contributed by atoms with Crippen molar-refractivity contribution in [1.29, 1.82) is 0 Å². The molecule has 0 spiro atoms. The van der Waals surface area contributed by atoms with E-state index in [4.69, 9.17) is 14.6 Å². The van der Waals surface area contributed by atoms with E-state index in [1.807, 2.05) is 0 Å². The molecule has 0 aliphatic rings. The molecule has 6 heteroatoms. The first-order valence-corrected chi connectivity index (χ1v) is 6.95. The van der Waals surface area contributed by atoms with Crippen LogP contribution in [0.25, 0.3) is 0 Å². The highest BCUT2D eigenvalue weighted by molar-refractivity contribution is 5.69. The Balaban J connectivity index is 2.29. The van der Waals surface area contributed by atoms with Gasteiger partial charge in [-0.2, -0.15) is 0 Å². The predicted molar refractivity (Wildman–Crippen MR) is 72.9 cm³/mol. The number of esters is 1. The van der Waals surface area contributed by atoms with Crippen LogP contribution in [0.2, 0.25) is 0 Å². The van der Waals surface area contributed by atoms with Gasteiger partial charge >= 0.3 is 5.97 Å². The molecule has 0 atom stereocenters. The molecule has 1 N–H and O–H groups in total. The third kappa shape index (κ3) is 6.08. The van der Waals surface area contributed by atoms with Gasteiger partial charge in [-0.3, -0.25) is 4.79 Å². The van der Waals surface area contributed by atoms with Crippen LogP contribution >= 0.6 is 0 Å². The fourth-order valence-corrected chi connectivity index (χ4v) is 1.80. The molecule has 0 unspecified atom stereocenters. The second-order valence-electron chi connectivity index (χ2n) is 4.51. The van der Waals surface area contributed by atoms with E-state index >= 15 is 0 Å². The van der Waals surface area contributed by atoms with Gasteiger partial charge in [-0.1, -0.05) is 0 Å². The van der Waals surface area contributed by atoms with E-state index in [2.05, 4.69) is 0 Å². The van der Waals surface area contributed by atoms with Crippen LogP contribution in [0.4, 0.5) is 8.78 Å². The Morgan fingerprint density at radius 3 is 2.43 bits per heavy atom. The maximum atomic E-state index is 13.5. The Bertz CT molecular complexity index is 440. The summed E-state index contributed by atoms with van der Waals surface area (Å²) >= 11 is 0. The minimum absolute atomic E-state index is 0.159. The van der Waals surface area contributed by atoms with Crippen LogP contribution in [0.15, 0.2) is 12.1 Å². The normalized spacial score (nSPS) is 10.5. The lowest BCUT2D eigenvalue weighted by Gasteiger charge is -2.09. The molecule has 0 aliphatic heterocycles.